The zero-order valence-corrected chi connectivity index (χ0v) is 20.4. The van der Waals surface area contributed by atoms with Gasteiger partial charge in [-0.1, -0.05) is 0 Å². The van der Waals surface area contributed by atoms with Gasteiger partial charge in [0.25, 0.3) is 0 Å². The summed E-state index contributed by atoms with van der Waals surface area (Å²) in [5.41, 5.74) is 0. The van der Waals surface area contributed by atoms with Crippen LogP contribution >= 0.6 is 0 Å². The monoisotopic (exact) mass is 396 g/mol. The van der Waals surface area contributed by atoms with E-state index in [4.69, 9.17) is 0 Å². The number of allylic oxidation sites excluding steroid dienone is 8. The van der Waals surface area contributed by atoms with Crippen molar-refractivity contribution in [3.05, 3.63) is 44.2 Å². The van der Waals surface area contributed by atoms with Crippen LogP contribution < -0.4 is 0 Å². The van der Waals surface area contributed by atoms with Gasteiger partial charge in [0.2, 0.25) is 0 Å². The summed E-state index contributed by atoms with van der Waals surface area (Å²) in [5.74, 6) is 0. The molecular formula is C20H41FTi2. The predicted octanol–water partition coefficient (Wildman–Crippen LogP) is 8.74. The first kappa shape index (κ1) is 23.3. The summed E-state index contributed by atoms with van der Waals surface area (Å²) in [6.07, 6.45) is 16.0. The molecule has 0 bridgehead atoms. The Hall–Kier alpha value is 0.319. The number of rotatable bonds is 2. The Labute approximate surface area is 141 Å². The van der Waals surface area contributed by atoms with Gasteiger partial charge in [0.15, 0.2) is 0 Å². The number of hydrogen-bond acceptors (Lipinski definition) is 0. The minimum atomic E-state index is -2.61. The van der Waals surface area contributed by atoms with Gasteiger partial charge in [-0.3, -0.25) is 4.70 Å². The van der Waals surface area contributed by atoms with Crippen molar-refractivity contribution in [2.45, 2.75) is 65.1 Å². The van der Waals surface area contributed by atoms with Crippen molar-refractivity contribution in [3.8, 4) is 0 Å². The summed E-state index contributed by atoms with van der Waals surface area (Å²) < 4.78 is 3.40. The van der Waals surface area contributed by atoms with Crippen molar-refractivity contribution < 1.29 is 32.8 Å². The molecule has 0 saturated heterocycles. The molecule has 2 aliphatic rings. The molecule has 0 spiro atoms. The Bertz CT molecular complexity index is 527. The fourth-order valence-electron chi connectivity index (χ4n) is 2.75. The summed E-state index contributed by atoms with van der Waals surface area (Å²) in [6.45, 7) is 0. The van der Waals surface area contributed by atoms with Crippen LogP contribution in [0, 0.1) is 0 Å². The van der Waals surface area contributed by atoms with Crippen LogP contribution in [0.1, 0.15) is 12.8 Å². The minimum absolute atomic E-state index is 0. The van der Waals surface area contributed by atoms with E-state index in [1.807, 2.05) is 0 Å². The van der Waals surface area contributed by atoms with Gasteiger partial charge in [-0.05, 0) is 0 Å². The van der Waals surface area contributed by atoms with Gasteiger partial charge in [0.1, 0.15) is 0 Å². The maximum absolute atomic E-state index is 2.61. The van der Waals surface area contributed by atoms with Crippen LogP contribution in [-0.4, -0.2) is 0 Å². The van der Waals surface area contributed by atoms with Crippen LogP contribution in [0.3, 0.4) is 0 Å². The van der Waals surface area contributed by atoms with Crippen LogP contribution in [-0.2, 0) is 28.0 Å². The first-order valence-electron chi connectivity index (χ1n) is 8.93. The van der Waals surface area contributed by atoms with Gasteiger partial charge in [-0.25, -0.2) is 0 Å². The SMILES string of the molecule is F.[CH3][Ti]([CH3])([CH3])([CH3])([CH3])[C]1=CC=CC1.[CH3][Ti]([CH3])([CH3])([CH3])([CH3])[C]1=CC=CC1. The average molecular weight is 396 g/mol. The predicted molar refractivity (Wildman–Crippen MR) is 105 cm³/mol. The fourth-order valence-corrected chi connectivity index (χ4v) is 9.21. The first-order chi connectivity index (χ1) is 9.19. The molecule has 0 aliphatic heterocycles. The molecule has 0 nitrogen and oxygen atoms in total. The Morgan fingerprint density at radius 1 is 0.565 bits per heavy atom. The molecule has 0 aromatic carbocycles. The van der Waals surface area contributed by atoms with Crippen molar-refractivity contribution in [1.82, 2.24) is 0 Å². The average Bonchev–Trinajstić information content (AvgIpc) is 2.86. The summed E-state index contributed by atoms with van der Waals surface area (Å²) in [5, 5.41) is 24.8. The van der Waals surface area contributed by atoms with Crippen molar-refractivity contribution in [2.24, 2.45) is 0 Å². The molecule has 0 unspecified atom stereocenters. The topological polar surface area (TPSA) is 0 Å². The van der Waals surface area contributed by atoms with Gasteiger partial charge in [0.05, 0.1) is 0 Å². The van der Waals surface area contributed by atoms with E-state index in [1.165, 1.54) is 12.8 Å². The van der Waals surface area contributed by atoms with Crippen LogP contribution in [0.4, 0.5) is 4.70 Å². The third-order valence-electron chi connectivity index (χ3n) is 4.75. The van der Waals surface area contributed by atoms with Crippen molar-refractivity contribution in [1.29, 1.82) is 0 Å². The zero-order valence-electron chi connectivity index (χ0n) is 17.3. The van der Waals surface area contributed by atoms with Crippen LogP contribution in [0.25, 0.3) is 0 Å². The molecular weight excluding hydrogens is 355 g/mol. The molecule has 0 aromatic heterocycles. The molecule has 2 aliphatic carbocycles. The zero-order chi connectivity index (χ0) is 17.6. The van der Waals surface area contributed by atoms with E-state index in [9.17, 15) is 0 Å². The van der Waals surface area contributed by atoms with E-state index < -0.39 is 28.0 Å². The molecule has 0 atom stereocenters. The van der Waals surface area contributed by atoms with Gasteiger partial charge < -0.3 is 0 Å². The van der Waals surface area contributed by atoms with E-state index in [0.29, 0.717) is 0 Å². The molecule has 3 heteroatoms. The van der Waals surface area contributed by atoms with Crippen LogP contribution in [0.5, 0.6) is 0 Å². The van der Waals surface area contributed by atoms with Gasteiger partial charge >= 0.3 is 137 Å². The van der Waals surface area contributed by atoms with E-state index in [2.05, 4.69) is 88.7 Å². The molecule has 0 N–H and O–H groups in total. The first-order valence-corrected chi connectivity index (χ1v) is 26.1. The summed E-state index contributed by atoms with van der Waals surface area (Å²) in [7, 11) is 0. The molecule has 23 heavy (non-hydrogen) atoms. The maximum atomic E-state index is 2.48. The molecule has 136 valence electrons. The van der Waals surface area contributed by atoms with E-state index in [-0.39, 0.29) is 4.70 Å². The van der Waals surface area contributed by atoms with Crippen molar-refractivity contribution in [2.75, 3.05) is 0 Å². The second-order valence-corrected chi connectivity index (χ2v) is 56.2. The van der Waals surface area contributed by atoms with Gasteiger partial charge in [-0.2, -0.15) is 0 Å². The van der Waals surface area contributed by atoms with Gasteiger partial charge in [0, 0.05) is 0 Å². The Kier molecular flexibility index (Phi) is 5.24. The molecule has 0 radical (unpaired) electrons. The van der Waals surface area contributed by atoms with Crippen molar-refractivity contribution >= 4 is 0 Å². The molecule has 0 saturated carbocycles. The summed E-state index contributed by atoms with van der Waals surface area (Å²) in [4.78, 5) is 0. The van der Waals surface area contributed by atoms with E-state index in [0.717, 1.165) is 0 Å². The quantitative estimate of drug-likeness (QED) is 0.409. The molecule has 2 rings (SSSR count). The Balaban J connectivity index is 0.000000403. The number of hydrogen-bond donors (Lipinski definition) is 0. The molecule has 0 aromatic rings. The molecule has 0 fully saturated rings. The second kappa shape index (κ2) is 5.16. The standard InChI is InChI=1S/2C5H5.10CH3.FH.2Ti/c2*1-2-4-5-3-1;;;;;;;;;;;;;/h2*1-3H,4H2;10*1H3;1H;;. The van der Waals surface area contributed by atoms with Crippen LogP contribution in [0.15, 0.2) is 44.2 Å². The number of halogens is 1. The Morgan fingerprint density at radius 3 is 0.913 bits per heavy atom. The normalized spacial score (nSPS) is 23.2. The van der Waals surface area contributed by atoms with Gasteiger partial charge in [-0.15, -0.1) is 0 Å². The summed E-state index contributed by atoms with van der Waals surface area (Å²) in [6, 6.07) is 0. The molecule has 0 amide bonds. The van der Waals surface area contributed by atoms with Crippen molar-refractivity contribution in [3.63, 3.8) is 0 Å². The van der Waals surface area contributed by atoms with E-state index in [1.54, 1.807) is 7.76 Å². The third-order valence-corrected chi connectivity index (χ3v) is 15.9. The van der Waals surface area contributed by atoms with E-state index >= 15 is 0 Å². The second-order valence-electron chi connectivity index (χ2n) is 15.1. The Morgan fingerprint density at radius 2 is 0.826 bits per heavy atom. The van der Waals surface area contributed by atoms with Crippen LogP contribution in [0.2, 0.25) is 52.3 Å². The fraction of sp³-hybridized carbons (Fsp3) is 0.600. The molecule has 0 heterocycles. The third kappa shape index (κ3) is 7.82. The summed E-state index contributed by atoms with van der Waals surface area (Å²) >= 11 is -5.21.